The molecule has 6 heteroatoms. The number of amides is 1. The van der Waals surface area contributed by atoms with Crippen molar-refractivity contribution in [1.29, 1.82) is 0 Å². The van der Waals surface area contributed by atoms with E-state index < -0.39 is 0 Å². The molecular formula is C24H21N3O3. The zero-order chi connectivity index (χ0) is 20.9. The molecule has 0 aliphatic rings. The van der Waals surface area contributed by atoms with E-state index >= 15 is 0 Å². The third kappa shape index (κ3) is 3.89. The van der Waals surface area contributed by atoms with E-state index in [1.54, 1.807) is 26.4 Å². The number of aromatic nitrogens is 2. The first-order valence-corrected chi connectivity index (χ1v) is 9.44. The maximum Gasteiger partial charge on any atom is 0.248 e. The highest BCUT2D eigenvalue weighted by atomic mass is 16.5. The number of rotatable bonds is 6. The summed E-state index contributed by atoms with van der Waals surface area (Å²) in [6.07, 6.45) is 3.16. The van der Waals surface area contributed by atoms with Gasteiger partial charge < -0.3 is 19.8 Å². The van der Waals surface area contributed by atoms with E-state index in [1.807, 2.05) is 60.7 Å². The fraction of sp³-hybridized carbons (Fsp3) is 0.0833. The van der Waals surface area contributed by atoms with Crippen LogP contribution in [0.4, 0.5) is 5.69 Å². The topological polar surface area (TPSA) is 76.2 Å². The number of nitrogens with one attached hydrogen (secondary N) is 2. The van der Waals surface area contributed by atoms with Gasteiger partial charge in [0.05, 0.1) is 30.9 Å². The van der Waals surface area contributed by atoms with Gasteiger partial charge in [-0.2, -0.15) is 0 Å². The van der Waals surface area contributed by atoms with Crippen LogP contribution in [0.2, 0.25) is 0 Å². The van der Waals surface area contributed by atoms with Crippen LogP contribution in [-0.4, -0.2) is 30.1 Å². The summed E-state index contributed by atoms with van der Waals surface area (Å²) in [7, 11) is 3.14. The lowest BCUT2D eigenvalue weighted by Crippen LogP contribution is -2.09. The van der Waals surface area contributed by atoms with Gasteiger partial charge in [0.1, 0.15) is 5.82 Å². The van der Waals surface area contributed by atoms with Gasteiger partial charge in [-0.05, 0) is 36.4 Å². The number of ether oxygens (including phenoxy) is 2. The number of aromatic amines is 1. The molecule has 0 aliphatic heterocycles. The summed E-state index contributed by atoms with van der Waals surface area (Å²) in [5.74, 6) is 1.62. The van der Waals surface area contributed by atoms with E-state index in [4.69, 9.17) is 9.47 Å². The van der Waals surface area contributed by atoms with Crippen molar-refractivity contribution >= 4 is 28.7 Å². The van der Waals surface area contributed by atoms with Gasteiger partial charge in [-0.1, -0.05) is 36.4 Å². The molecule has 0 aliphatic carbocycles. The van der Waals surface area contributed by atoms with E-state index in [1.165, 1.54) is 6.08 Å². The highest BCUT2D eigenvalue weighted by Crippen LogP contribution is 2.32. The molecule has 0 radical (unpaired) electrons. The first-order chi connectivity index (χ1) is 14.7. The van der Waals surface area contributed by atoms with Crippen LogP contribution in [0, 0.1) is 0 Å². The number of benzene rings is 3. The lowest BCUT2D eigenvalue weighted by Gasteiger charge is -2.10. The molecule has 1 heterocycles. The van der Waals surface area contributed by atoms with Crippen LogP contribution in [0.5, 0.6) is 11.5 Å². The van der Waals surface area contributed by atoms with Crippen molar-refractivity contribution in [2.45, 2.75) is 0 Å². The van der Waals surface area contributed by atoms with Crippen LogP contribution in [0.3, 0.4) is 0 Å². The number of carbonyl (C=O) groups excluding carboxylic acids is 1. The van der Waals surface area contributed by atoms with Crippen LogP contribution >= 0.6 is 0 Å². The molecule has 3 aromatic carbocycles. The van der Waals surface area contributed by atoms with Crippen molar-refractivity contribution in [3.63, 3.8) is 0 Å². The minimum Gasteiger partial charge on any atom is -0.493 e. The van der Waals surface area contributed by atoms with Gasteiger partial charge in [0.2, 0.25) is 5.91 Å². The average Bonchev–Trinajstić information content (AvgIpc) is 3.21. The molecule has 6 nitrogen and oxygen atoms in total. The molecule has 0 saturated heterocycles. The Hall–Kier alpha value is -4.06. The average molecular weight is 399 g/mol. The van der Waals surface area contributed by atoms with Gasteiger partial charge in [0.15, 0.2) is 11.5 Å². The number of hydrogen-bond acceptors (Lipinski definition) is 4. The molecule has 0 saturated carbocycles. The zero-order valence-electron chi connectivity index (χ0n) is 16.7. The number of para-hydroxylation sites is 4. The van der Waals surface area contributed by atoms with Gasteiger partial charge in [-0.3, -0.25) is 4.79 Å². The number of fused-ring (bicyclic) bond motifs is 1. The van der Waals surface area contributed by atoms with Crippen molar-refractivity contribution in [1.82, 2.24) is 9.97 Å². The van der Waals surface area contributed by atoms with E-state index in [9.17, 15) is 4.79 Å². The summed E-state index contributed by atoms with van der Waals surface area (Å²) in [6.45, 7) is 0. The Morgan fingerprint density at radius 2 is 1.77 bits per heavy atom. The van der Waals surface area contributed by atoms with Gasteiger partial charge >= 0.3 is 0 Å². The van der Waals surface area contributed by atoms with Crippen molar-refractivity contribution in [3.8, 4) is 22.9 Å². The largest absolute Gasteiger partial charge is 0.493 e. The molecule has 0 fully saturated rings. The van der Waals surface area contributed by atoms with Gasteiger partial charge in [-0.25, -0.2) is 4.98 Å². The van der Waals surface area contributed by atoms with Crippen LogP contribution < -0.4 is 14.8 Å². The number of anilines is 1. The van der Waals surface area contributed by atoms with E-state index in [2.05, 4.69) is 15.3 Å². The lowest BCUT2D eigenvalue weighted by molar-refractivity contribution is -0.111. The summed E-state index contributed by atoms with van der Waals surface area (Å²) in [5.41, 5.74) is 4.05. The van der Waals surface area contributed by atoms with E-state index in [-0.39, 0.29) is 5.91 Å². The Bertz CT molecular complexity index is 1190. The SMILES string of the molecule is COc1cccc(C=CC(=O)Nc2ccccc2-c2nc3ccccc3[nH]2)c1OC. The van der Waals surface area contributed by atoms with Gasteiger partial charge in [0, 0.05) is 17.2 Å². The molecule has 30 heavy (non-hydrogen) atoms. The Morgan fingerprint density at radius 1 is 0.967 bits per heavy atom. The number of imidazole rings is 1. The van der Waals surface area contributed by atoms with Crippen molar-refractivity contribution in [2.75, 3.05) is 19.5 Å². The molecule has 0 spiro atoms. The first kappa shape index (κ1) is 19.3. The fourth-order valence-corrected chi connectivity index (χ4v) is 3.26. The second-order valence-corrected chi connectivity index (χ2v) is 6.55. The lowest BCUT2D eigenvalue weighted by atomic mass is 10.1. The number of H-pyrrole nitrogens is 1. The van der Waals surface area contributed by atoms with Gasteiger partial charge in [0.25, 0.3) is 0 Å². The maximum absolute atomic E-state index is 12.6. The van der Waals surface area contributed by atoms with Crippen LogP contribution in [-0.2, 0) is 4.79 Å². The molecule has 150 valence electrons. The van der Waals surface area contributed by atoms with Crippen LogP contribution in [0.1, 0.15) is 5.56 Å². The summed E-state index contributed by atoms with van der Waals surface area (Å²) in [4.78, 5) is 20.5. The molecule has 1 aromatic heterocycles. The standard InChI is InChI=1S/C24H21N3O3/c1-29-21-13-7-8-16(23(21)30-2)14-15-22(28)25-18-10-4-3-9-17(18)24-26-19-11-5-6-12-20(19)27-24/h3-15H,1-2H3,(H,25,28)(H,26,27). The normalized spacial score (nSPS) is 11.0. The van der Waals surface area contributed by atoms with Crippen molar-refractivity contribution in [3.05, 3.63) is 78.4 Å². The smallest absolute Gasteiger partial charge is 0.248 e. The molecule has 0 atom stereocenters. The Balaban J connectivity index is 1.58. The van der Waals surface area contributed by atoms with Crippen molar-refractivity contribution in [2.24, 2.45) is 0 Å². The Labute approximate surface area is 174 Å². The second-order valence-electron chi connectivity index (χ2n) is 6.55. The molecular weight excluding hydrogens is 378 g/mol. The van der Waals surface area contributed by atoms with Gasteiger partial charge in [-0.15, -0.1) is 0 Å². The third-order valence-corrected chi connectivity index (χ3v) is 4.68. The monoisotopic (exact) mass is 399 g/mol. The highest BCUT2D eigenvalue weighted by molar-refractivity contribution is 6.04. The minimum atomic E-state index is -0.261. The number of hydrogen-bond donors (Lipinski definition) is 2. The Morgan fingerprint density at radius 3 is 2.57 bits per heavy atom. The Kier molecular flexibility index (Phi) is 5.48. The maximum atomic E-state index is 12.6. The molecule has 0 unspecified atom stereocenters. The third-order valence-electron chi connectivity index (χ3n) is 4.68. The zero-order valence-corrected chi connectivity index (χ0v) is 16.7. The summed E-state index contributed by atoms with van der Waals surface area (Å²) in [6, 6.07) is 20.9. The minimum absolute atomic E-state index is 0.261. The molecule has 0 bridgehead atoms. The summed E-state index contributed by atoms with van der Waals surface area (Å²) < 4.78 is 10.7. The number of carbonyl (C=O) groups is 1. The summed E-state index contributed by atoms with van der Waals surface area (Å²) in [5, 5.41) is 2.93. The molecule has 4 aromatic rings. The fourth-order valence-electron chi connectivity index (χ4n) is 3.26. The van der Waals surface area contributed by atoms with E-state index in [0.717, 1.165) is 22.2 Å². The molecule has 4 rings (SSSR count). The quantitative estimate of drug-likeness (QED) is 0.452. The number of methoxy groups -OCH3 is 2. The van der Waals surface area contributed by atoms with Crippen LogP contribution in [0.25, 0.3) is 28.5 Å². The molecule has 2 N–H and O–H groups in total. The van der Waals surface area contributed by atoms with Crippen molar-refractivity contribution < 1.29 is 14.3 Å². The highest BCUT2D eigenvalue weighted by Gasteiger charge is 2.11. The first-order valence-electron chi connectivity index (χ1n) is 9.44. The summed E-state index contributed by atoms with van der Waals surface area (Å²) >= 11 is 0. The predicted molar refractivity (Wildman–Crippen MR) is 119 cm³/mol. The molecule has 1 amide bonds. The number of nitrogens with zero attached hydrogens (tertiary/aromatic N) is 1. The van der Waals surface area contributed by atoms with E-state index in [0.29, 0.717) is 23.0 Å². The van der Waals surface area contributed by atoms with Crippen LogP contribution in [0.15, 0.2) is 72.8 Å². The second kappa shape index (κ2) is 8.53. The predicted octanol–water partition coefficient (Wildman–Crippen LogP) is 4.90.